The van der Waals surface area contributed by atoms with Crippen LogP contribution in [0.5, 0.6) is 5.75 Å². The van der Waals surface area contributed by atoms with Crippen LogP contribution < -0.4 is 5.73 Å². The molecule has 194 valence electrons. The fourth-order valence-electron chi connectivity index (χ4n) is 6.60. The number of nitrogens with two attached hydrogens (primary N) is 1. The highest BCUT2D eigenvalue weighted by Crippen LogP contribution is 2.51. The number of aromatic hydroxyl groups is 1. The summed E-state index contributed by atoms with van der Waals surface area (Å²) in [7, 11) is 3.07. The minimum atomic E-state index is -2.75. The molecule has 3 aliphatic rings. The molecular weight excluding hydrogens is 490 g/mol. The summed E-state index contributed by atoms with van der Waals surface area (Å²) in [5.74, 6) is -10.8. The Morgan fingerprint density at radius 2 is 1.74 bits per heavy atom. The molecule has 0 aliphatic heterocycles. The Labute approximate surface area is 217 Å². The summed E-state index contributed by atoms with van der Waals surface area (Å²) in [4.78, 5) is 67.6. The first-order valence-corrected chi connectivity index (χ1v) is 12.1. The van der Waals surface area contributed by atoms with E-state index in [9.17, 15) is 34.2 Å². The molecular formula is C28H25N3O7. The van der Waals surface area contributed by atoms with Gasteiger partial charge in [0.1, 0.15) is 5.75 Å². The average molecular weight is 516 g/mol. The first-order valence-electron chi connectivity index (χ1n) is 12.1. The number of nitrogens with zero attached hydrogens (tertiary/aromatic N) is 2. The van der Waals surface area contributed by atoms with Gasteiger partial charge in [0.15, 0.2) is 34.7 Å². The second-order valence-corrected chi connectivity index (χ2v) is 10.5. The maximum absolute atomic E-state index is 13.8. The lowest BCUT2D eigenvalue weighted by Gasteiger charge is -2.52. The number of benzene rings is 2. The molecule has 2 aromatic carbocycles. The van der Waals surface area contributed by atoms with Gasteiger partial charge in [-0.25, -0.2) is 0 Å². The van der Waals surface area contributed by atoms with Gasteiger partial charge in [-0.2, -0.15) is 5.26 Å². The van der Waals surface area contributed by atoms with Crippen LogP contribution in [0.15, 0.2) is 36.4 Å². The van der Waals surface area contributed by atoms with Crippen molar-refractivity contribution in [1.29, 1.82) is 5.26 Å². The number of fused-ring (bicyclic) bond motifs is 3. The van der Waals surface area contributed by atoms with Gasteiger partial charge in [-0.05, 0) is 67.7 Å². The van der Waals surface area contributed by atoms with Crippen molar-refractivity contribution in [1.82, 2.24) is 4.90 Å². The Kier molecular flexibility index (Phi) is 5.82. The molecule has 0 saturated heterocycles. The summed E-state index contributed by atoms with van der Waals surface area (Å²) < 4.78 is 0. The zero-order valence-corrected chi connectivity index (χ0v) is 20.7. The average Bonchev–Trinajstić information content (AvgIpc) is 2.86. The van der Waals surface area contributed by atoms with E-state index in [-0.39, 0.29) is 24.2 Å². The molecule has 6 atom stereocenters. The van der Waals surface area contributed by atoms with Gasteiger partial charge < -0.3 is 15.9 Å². The topological polar surface area (TPSA) is 179 Å². The van der Waals surface area contributed by atoms with Crippen LogP contribution in [-0.4, -0.2) is 69.9 Å². The van der Waals surface area contributed by atoms with Gasteiger partial charge in [-0.3, -0.25) is 28.9 Å². The quantitative estimate of drug-likeness (QED) is 0.488. The highest BCUT2D eigenvalue weighted by molar-refractivity contribution is 6.32. The van der Waals surface area contributed by atoms with Crippen molar-refractivity contribution in [2.24, 2.45) is 29.4 Å². The van der Waals surface area contributed by atoms with E-state index >= 15 is 0 Å². The van der Waals surface area contributed by atoms with E-state index in [2.05, 4.69) is 0 Å². The lowest BCUT2D eigenvalue weighted by Crippen LogP contribution is -2.74. The molecule has 2 unspecified atom stereocenters. The van der Waals surface area contributed by atoms with Crippen LogP contribution in [0.4, 0.5) is 0 Å². The normalized spacial score (nSPS) is 30.3. The van der Waals surface area contributed by atoms with Gasteiger partial charge in [-0.15, -0.1) is 0 Å². The number of phenols is 1. The van der Waals surface area contributed by atoms with E-state index < -0.39 is 64.4 Å². The Balaban J connectivity index is 1.65. The van der Waals surface area contributed by atoms with E-state index in [0.29, 0.717) is 22.3 Å². The maximum Gasteiger partial charge on any atom is 0.235 e. The molecule has 0 spiro atoms. The van der Waals surface area contributed by atoms with Crippen LogP contribution in [0.1, 0.15) is 27.9 Å². The third kappa shape index (κ3) is 3.36. The monoisotopic (exact) mass is 515 g/mol. The van der Waals surface area contributed by atoms with Crippen molar-refractivity contribution in [3.05, 3.63) is 53.1 Å². The number of carbonyl (C=O) groups excluding carboxylic acids is 5. The number of hydrogen-bond acceptors (Lipinski definition) is 9. The van der Waals surface area contributed by atoms with E-state index in [1.807, 2.05) is 6.07 Å². The number of primary amides is 1. The standard InChI is InChI=1S/C28H25N3O7/c1-31(2)22-17-10-14-9-16-15(13-5-3-12(11-29)4-6-13)7-8-18(32)20(16)23(33)19(14)25(35)28(17,38)26(36)21(24(22)34)27(30)37/h3-8,14,17,19,21-22,32,38H,9-10H2,1-2H3,(H2,30,37)/t14-,17-,19?,21?,22-,28-/m0/s1. The molecule has 10 nitrogen and oxygen atoms in total. The number of likely N-dealkylation sites (N-methyl/N-ethyl adjacent to an activating group) is 1. The number of amides is 1. The van der Waals surface area contributed by atoms with E-state index in [0.717, 1.165) is 0 Å². The summed E-state index contributed by atoms with van der Waals surface area (Å²) in [6, 6.07) is 10.6. The number of carbonyl (C=O) groups is 5. The minimum absolute atomic E-state index is 0.0215. The van der Waals surface area contributed by atoms with Crippen molar-refractivity contribution >= 4 is 29.0 Å². The lowest BCUT2D eigenvalue weighted by molar-refractivity contribution is -0.181. The second-order valence-electron chi connectivity index (χ2n) is 10.5. The first-order chi connectivity index (χ1) is 17.9. The van der Waals surface area contributed by atoms with Crippen molar-refractivity contribution in [2.75, 3.05) is 14.1 Å². The van der Waals surface area contributed by atoms with E-state index in [4.69, 9.17) is 11.0 Å². The van der Waals surface area contributed by atoms with Gasteiger partial charge in [-0.1, -0.05) is 18.2 Å². The predicted octanol–water partition coefficient (Wildman–Crippen LogP) is 0.406. The van der Waals surface area contributed by atoms with Crippen LogP contribution in [0, 0.1) is 35.0 Å². The summed E-state index contributed by atoms with van der Waals surface area (Å²) in [5.41, 5.74) is 4.79. The Bertz CT molecular complexity index is 1470. The molecule has 1 amide bonds. The third-order valence-electron chi connectivity index (χ3n) is 8.27. The minimum Gasteiger partial charge on any atom is -0.507 e. The Morgan fingerprint density at radius 1 is 1.08 bits per heavy atom. The zero-order chi connectivity index (χ0) is 27.7. The molecule has 2 aromatic rings. The summed E-state index contributed by atoms with van der Waals surface area (Å²) >= 11 is 0. The van der Waals surface area contributed by atoms with Crippen LogP contribution >= 0.6 is 0 Å². The molecule has 0 bridgehead atoms. The van der Waals surface area contributed by atoms with Crippen LogP contribution in [0.25, 0.3) is 11.1 Å². The van der Waals surface area contributed by atoms with Gasteiger partial charge in [0.05, 0.1) is 29.2 Å². The number of aliphatic hydroxyl groups is 1. The Morgan fingerprint density at radius 3 is 2.32 bits per heavy atom. The number of nitriles is 1. The highest BCUT2D eigenvalue weighted by atomic mass is 16.3. The SMILES string of the molecule is CN(C)[C@@H]1C(=O)C(C(N)=O)C(=O)[C@@]2(O)C(=O)C3C(=O)c4c(O)ccc(-c5ccc(C#N)cc5)c4C[C@H]3C[C@@H]12. The molecule has 2 saturated carbocycles. The first kappa shape index (κ1) is 25.4. The van der Waals surface area contributed by atoms with Crippen molar-refractivity contribution in [3.63, 3.8) is 0 Å². The van der Waals surface area contributed by atoms with Gasteiger partial charge in [0, 0.05) is 5.92 Å². The number of Topliss-reactive ketones (excluding diaryl/α,β-unsaturated/α-hetero) is 4. The third-order valence-corrected chi connectivity index (χ3v) is 8.27. The highest BCUT2D eigenvalue weighted by Gasteiger charge is 2.69. The van der Waals surface area contributed by atoms with Crippen LogP contribution in [0.3, 0.4) is 0 Å². The van der Waals surface area contributed by atoms with E-state index in [1.54, 1.807) is 30.3 Å². The van der Waals surface area contributed by atoms with E-state index in [1.165, 1.54) is 25.1 Å². The smallest absolute Gasteiger partial charge is 0.235 e. The summed E-state index contributed by atoms with van der Waals surface area (Å²) in [6.45, 7) is 0. The van der Waals surface area contributed by atoms with Gasteiger partial charge in [0.2, 0.25) is 5.91 Å². The summed E-state index contributed by atoms with van der Waals surface area (Å²) in [6.07, 6.45) is 0.141. The number of rotatable bonds is 3. The Hall–Kier alpha value is -4.20. The zero-order valence-electron chi connectivity index (χ0n) is 20.7. The van der Waals surface area contributed by atoms with Gasteiger partial charge >= 0.3 is 0 Å². The van der Waals surface area contributed by atoms with Crippen LogP contribution in [-0.2, 0) is 25.6 Å². The van der Waals surface area contributed by atoms with Crippen molar-refractivity contribution in [2.45, 2.75) is 24.5 Å². The number of hydrogen-bond donors (Lipinski definition) is 3. The maximum atomic E-state index is 13.8. The fourth-order valence-corrected chi connectivity index (χ4v) is 6.60. The van der Waals surface area contributed by atoms with Crippen molar-refractivity contribution in [3.8, 4) is 22.9 Å². The summed E-state index contributed by atoms with van der Waals surface area (Å²) in [5, 5.41) is 31.4. The van der Waals surface area contributed by atoms with Crippen molar-refractivity contribution < 1.29 is 34.2 Å². The number of phenolic OH excluding ortho intramolecular Hbond substituents is 1. The lowest BCUT2D eigenvalue weighted by atomic mass is 9.52. The molecule has 3 aliphatic carbocycles. The van der Waals surface area contributed by atoms with Gasteiger partial charge in [0.25, 0.3) is 0 Å². The molecule has 0 heterocycles. The molecule has 4 N–H and O–H groups in total. The number of ketones is 4. The molecule has 38 heavy (non-hydrogen) atoms. The molecule has 0 aromatic heterocycles. The molecule has 10 heteroatoms. The molecule has 0 radical (unpaired) electrons. The molecule has 5 rings (SSSR count). The fraction of sp³-hybridized carbons (Fsp3) is 0.357. The van der Waals surface area contributed by atoms with Crippen LogP contribution in [0.2, 0.25) is 0 Å². The second kappa shape index (κ2) is 8.68. The largest absolute Gasteiger partial charge is 0.507 e. The predicted molar refractivity (Wildman–Crippen MR) is 132 cm³/mol. The molecule has 2 fully saturated rings.